The number of aromatic nitrogens is 2. The first-order chi connectivity index (χ1) is 7.24. The van der Waals surface area contributed by atoms with Gasteiger partial charge in [0, 0.05) is 18.4 Å². The highest BCUT2D eigenvalue weighted by Gasteiger charge is 1.96. The van der Waals surface area contributed by atoms with Crippen molar-refractivity contribution < 1.29 is 0 Å². The van der Waals surface area contributed by atoms with Crippen molar-refractivity contribution in [1.29, 1.82) is 0 Å². The molecule has 1 aromatic carbocycles. The lowest BCUT2D eigenvalue weighted by molar-refractivity contribution is 1.08. The number of imidazole rings is 1. The average molecular weight is 201 g/mol. The third-order valence-electron chi connectivity index (χ3n) is 2.25. The molecule has 15 heavy (non-hydrogen) atoms. The lowest BCUT2D eigenvalue weighted by Crippen LogP contribution is -2.00. The van der Waals surface area contributed by atoms with Crippen molar-refractivity contribution in [1.82, 2.24) is 9.97 Å². The van der Waals surface area contributed by atoms with E-state index in [4.69, 9.17) is 0 Å². The van der Waals surface area contributed by atoms with Crippen LogP contribution in [0.1, 0.15) is 16.8 Å². The molecule has 2 rings (SSSR count). The number of aromatic amines is 1. The highest BCUT2D eigenvalue weighted by atomic mass is 15.1. The summed E-state index contributed by atoms with van der Waals surface area (Å²) in [6, 6.07) is 8.44. The van der Waals surface area contributed by atoms with Gasteiger partial charge in [0.05, 0.1) is 0 Å². The number of nitrogens with one attached hydrogen (secondary N) is 2. The lowest BCUT2D eigenvalue weighted by Gasteiger charge is -2.03. The SMILES string of the molecule is Cc1cccc(CNc2ncc(C)[nH]2)c1. The summed E-state index contributed by atoms with van der Waals surface area (Å²) in [7, 11) is 0. The van der Waals surface area contributed by atoms with E-state index in [2.05, 4.69) is 46.5 Å². The van der Waals surface area contributed by atoms with Crippen LogP contribution in [0.15, 0.2) is 30.5 Å². The summed E-state index contributed by atoms with van der Waals surface area (Å²) >= 11 is 0. The van der Waals surface area contributed by atoms with Gasteiger partial charge in [0.2, 0.25) is 5.95 Å². The third-order valence-corrected chi connectivity index (χ3v) is 2.25. The van der Waals surface area contributed by atoms with Crippen LogP contribution in [0.3, 0.4) is 0 Å². The van der Waals surface area contributed by atoms with E-state index >= 15 is 0 Å². The molecule has 2 aromatic rings. The molecule has 3 nitrogen and oxygen atoms in total. The maximum absolute atomic E-state index is 4.19. The fraction of sp³-hybridized carbons (Fsp3) is 0.250. The number of hydrogen-bond acceptors (Lipinski definition) is 2. The van der Waals surface area contributed by atoms with E-state index in [0.29, 0.717) is 0 Å². The minimum Gasteiger partial charge on any atom is -0.352 e. The summed E-state index contributed by atoms with van der Waals surface area (Å²) in [5.74, 6) is 0.828. The minimum absolute atomic E-state index is 0.800. The largest absolute Gasteiger partial charge is 0.352 e. The molecule has 0 aliphatic carbocycles. The van der Waals surface area contributed by atoms with Crippen LogP contribution in [0.2, 0.25) is 0 Å². The van der Waals surface area contributed by atoms with Gasteiger partial charge in [-0.3, -0.25) is 0 Å². The van der Waals surface area contributed by atoms with E-state index < -0.39 is 0 Å². The van der Waals surface area contributed by atoms with E-state index in [1.165, 1.54) is 11.1 Å². The van der Waals surface area contributed by atoms with Crippen LogP contribution in [0.5, 0.6) is 0 Å². The first-order valence-electron chi connectivity index (χ1n) is 5.05. The van der Waals surface area contributed by atoms with E-state index in [1.54, 1.807) is 0 Å². The van der Waals surface area contributed by atoms with Gasteiger partial charge >= 0.3 is 0 Å². The van der Waals surface area contributed by atoms with E-state index in [-0.39, 0.29) is 0 Å². The number of benzene rings is 1. The summed E-state index contributed by atoms with van der Waals surface area (Å²) in [6.07, 6.45) is 1.82. The quantitative estimate of drug-likeness (QED) is 0.801. The zero-order chi connectivity index (χ0) is 10.7. The van der Waals surface area contributed by atoms with Gasteiger partial charge < -0.3 is 10.3 Å². The van der Waals surface area contributed by atoms with E-state index in [0.717, 1.165) is 18.2 Å². The van der Waals surface area contributed by atoms with Gasteiger partial charge in [-0.15, -0.1) is 0 Å². The Hall–Kier alpha value is -1.77. The van der Waals surface area contributed by atoms with Gasteiger partial charge in [-0.1, -0.05) is 29.8 Å². The zero-order valence-electron chi connectivity index (χ0n) is 9.04. The predicted molar refractivity (Wildman–Crippen MR) is 61.8 cm³/mol. The van der Waals surface area contributed by atoms with Crippen molar-refractivity contribution in [2.24, 2.45) is 0 Å². The summed E-state index contributed by atoms with van der Waals surface area (Å²) in [5.41, 5.74) is 3.62. The van der Waals surface area contributed by atoms with Crippen molar-refractivity contribution in [3.05, 3.63) is 47.3 Å². The molecule has 0 saturated carbocycles. The maximum atomic E-state index is 4.19. The molecule has 3 heteroatoms. The Morgan fingerprint density at radius 2 is 2.20 bits per heavy atom. The van der Waals surface area contributed by atoms with Crippen molar-refractivity contribution in [3.8, 4) is 0 Å². The Morgan fingerprint density at radius 3 is 2.87 bits per heavy atom. The monoisotopic (exact) mass is 201 g/mol. The smallest absolute Gasteiger partial charge is 0.200 e. The lowest BCUT2D eigenvalue weighted by atomic mass is 10.1. The molecule has 2 N–H and O–H groups in total. The van der Waals surface area contributed by atoms with Gasteiger partial charge in [0.1, 0.15) is 0 Å². The number of anilines is 1. The normalized spacial score (nSPS) is 10.3. The van der Waals surface area contributed by atoms with Crippen molar-refractivity contribution >= 4 is 5.95 Å². The van der Waals surface area contributed by atoms with Crippen LogP contribution in [-0.2, 0) is 6.54 Å². The molecule has 0 aliphatic heterocycles. The van der Waals surface area contributed by atoms with E-state index in [1.807, 2.05) is 13.1 Å². The topological polar surface area (TPSA) is 40.7 Å². The number of aryl methyl sites for hydroxylation is 2. The van der Waals surface area contributed by atoms with Gasteiger partial charge in [-0.05, 0) is 19.4 Å². The summed E-state index contributed by atoms with van der Waals surface area (Å²) in [5, 5.41) is 3.24. The Kier molecular flexibility index (Phi) is 2.72. The molecule has 0 spiro atoms. The second-order valence-electron chi connectivity index (χ2n) is 3.76. The molecule has 0 radical (unpaired) electrons. The highest BCUT2D eigenvalue weighted by Crippen LogP contribution is 2.07. The molecule has 0 bridgehead atoms. The molecule has 0 atom stereocenters. The van der Waals surface area contributed by atoms with Crippen molar-refractivity contribution in [2.75, 3.05) is 5.32 Å². The summed E-state index contributed by atoms with van der Waals surface area (Å²) < 4.78 is 0. The second-order valence-corrected chi connectivity index (χ2v) is 3.76. The Labute approximate surface area is 89.6 Å². The third kappa shape index (κ3) is 2.59. The molecule has 0 aliphatic rings. The molecule has 1 heterocycles. The highest BCUT2D eigenvalue weighted by molar-refractivity contribution is 5.30. The van der Waals surface area contributed by atoms with Gasteiger partial charge in [-0.25, -0.2) is 4.98 Å². The van der Waals surface area contributed by atoms with Gasteiger partial charge in [0.25, 0.3) is 0 Å². The van der Waals surface area contributed by atoms with Gasteiger partial charge in [-0.2, -0.15) is 0 Å². The van der Waals surface area contributed by atoms with Crippen LogP contribution >= 0.6 is 0 Å². The van der Waals surface area contributed by atoms with Crippen LogP contribution in [0.25, 0.3) is 0 Å². The predicted octanol–water partition coefficient (Wildman–Crippen LogP) is 2.64. The first-order valence-corrected chi connectivity index (χ1v) is 5.05. The minimum atomic E-state index is 0.800. The second kappa shape index (κ2) is 4.17. The Balaban J connectivity index is 1.99. The molecule has 1 aromatic heterocycles. The number of H-pyrrole nitrogens is 1. The summed E-state index contributed by atoms with van der Waals surface area (Å²) in [4.78, 5) is 7.33. The zero-order valence-corrected chi connectivity index (χ0v) is 9.04. The number of nitrogens with zero attached hydrogens (tertiary/aromatic N) is 1. The van der Waals surface area contributed by atoms with Crippen LogP contribution < -0.4 is 5.32 Å². The fourth-order valence-electron chi connectivity index (χ4n) is 1.51. The summed E-state index contributed by atoms with van der Waals surface area (Å²) in [6.45, 7) is 4.89. The molecule has 78 valence electrons. The molecule has 0 saturated heterocycles. The van der Waals surface area contributed by atoms with E-state index in [9.17, 15) is 0 Å². The van der Waals surface area contributed by atoms with Crippen LogP contribution in [0, 0.1) is 13.8 Å². The van der Waals surface area contributed by atoms with Crippen LogP contribution in [-0.4, -0.2) is 9.97 Å². The number of rotatable bonds is 3. The maximum Gasteiger partial charge on any atom is 0.200 e. The standard InChI is InChI=1S/C12H15N3/c1-9-4-3-5-11(6-9)8-14-12-13-7-10(2)15-12/h3-7H,8H2,1-2H3,(H2,13,14,15). The Morgan fingerprint density at radius 1 is 1.33 bits per heavy atom. The van der Waals surface area contributed by atoms with Crippen LogP contribution in [0.4, 0.5) is 5.95 Å². The molecule has 0 fully saturated rings. The number of hydrogen-bond donors (Lipinski definition) is 2. The van der Waals surface area contributed by atoms with Crippen molar-refractivity contribution in [2.45, 2.75) is 20.4 Å². The Bertz CT molecular complexity index is 446. The fourth-order valence-corrected chi connectivity index (χ4v) is 1.51. The molecular weight excluding hydrogens is 186 g/mol. The average Bonchev–Trinajstić information content (AvgIpc) is 2.62. The van der Waals surface area contributed by atoms with Gasteiger partial charge in [0.15, 0.2) is 0 Å². The molecule has 0 amide bonds. The molecule has 0 unspecified atom stereocenters. The first kappa shape index (κ1) is 9.77. The molecular formula is C12H15N3. The van der Waals surface area contributed by atoms with Crippen molar-refractivity contribution in [3.63, 3.8) is 0 Å².